The van der Waals surface area contributed by atoms with Crippen LogP contribution in [0.3, 0.4) is 0 Å². The number of benzene rings is 1. The Morgan fingerprint density at radius 3 is 2.45 bits per heavy atom. The molecule has 1 aromatic rings. The van der Waals surface area contributed by atoms with E-state index in [1.807, 2.05) is 30.3 Å². The molecule has 0 aromatic heterocycles. The first-order chi connectivity index (χ1) is 10.3. The average molecular weight is 307 g/mol. The highest BCUT2D eigenvalue weighted by Crippen LogP contribution is 2.26. The Hall–Kier alpha value is -2.04. The molecule has 1 unspecified atom stereocenters. The number of alkyl carbamates (subject to hydrolysis) is 1. The normalized spacial score (nSPS) is 12.5. The number of carbonyl (C=O) groups excluding carboxylic acids is 1. The number of carboxylic acid groups (broad SMARTS) is 1. The summed E-state index contributed by atoms with van der Waals surface area (Å²) in [5.74, 6) is -1.04. The molecule has 22 heavy (non-hydrogen) atoms. The SMILES string of the molecule is CCC(C)(C)CCC(NC(=O)OCc1ccccc1)C(=O)O. The molecule has 0 saturated carbocycles. The van der Waals surface area contributed by atoms with Crippen LogP contribution in [-0.2, 0) is 16.1 Å². The van der Waals surface area contributed by atoms with E-state index in [1.165, 1.54) is 0 Å². The lowest BCUT2D eigenvalue weighted by molar-refractivity contribution is -0.139. The molecule has 1 rings (SSSR count). The molecule has 5 nitrogen and oxygen atoms in total. The van der Waals surface area contributed by atoms with Crippen molar-refractivity contribution in [1.82, 2.24) is 5.32 Å². The summed E-state index contributed by atoms with van der Waals surface area (Å²) in [5.41, 5.74) is 0.917. The topological polar surface area (TPSA) is 75.6 Å². The van der Waals surface area contributed by atoms with E-state index < -0.39 is 18.1 Å². The van der Waals surface area contributed by atoms with E-state index >= 15 is 0 Å². The van der Waals surface area contributed by atoms with Crippen LogP contribution in [-0.4, -0.2) is 23.2 Å². The molecule has 1 aromatic carbocycles. The molecule has 0 saturated heterocycles. The minimum absolute atomic E-state index is 0.0589. The summed E-state index contributed by atoms with van der Waals surface area (Å²) in [7, 11) is 0. The van der Waals surface area contributed by atoms with Gasteiger partial charge in [-0.2, -0.15) is 0 Å². The number of carbonyl (C=O) groups is 2. The lowest BCUT2D eigenvalue weighted by atomic mass is 9.84. The molecule has 5 heteroatoms. The fourth-order valence-corrected chi connectivity index (χ4v) is 1.88. The molecule has 0 aliphatic carbocycles. The third-order valence-electron chi connectivity index (χ3n) is 3.87. The van der Waals surface area contributed by atoms with Crippen molar-refractivity contribution in [2.24, 2.45) is 5.41 Å². The van der Waals surface area contributed by atoms with E-state index in [9.17, 15) is 14.7 Å². The molecule has 2 N–H and O–H groups in total. The number of carboxylic acids is 1. The predicted octanol–water partition coefficient (Wildman–Crippen LogP) is 3.58. The number of aliphatic carboxylic acids is 1. The number of nitrogens with one attached hydrogen (secondary N) is 1. The second-order valence-corrected chi connectivity index (χ2v) is 6.15. The van der Waals surface area contributed by atoms with Crippen molar-refractivity contribution in [2.75, 3.05) is 0 Å². The fourth-order valence-electron chi connectivity index (χ4n) is 1.88. The summed E-state index contributed by atoms with van der Waals surface area (Å²) >= 11 is 0. The first-order valence-corrected chi connectivity index (χ1v) is 7.54. The summed E-state index contributed by atoms with van der Waals surface area (Å²) in [4.78, 5) is 23.0. The van der Waals surface area contributed by atoms with Crippen LogP contribution in [0.1, 0.15) is 45.6 Å². The Bertz CT molecular complexity index is 485. The number of rotatable bonds is 8. The Morgan fingerprint density at radius 1 is 1.27 bits per heavy atom. The van der Waals surface area contributed by atoms with Gasteiger partial charge in [-0.3, -0.25) is 0 Å². The van der Waals surface area contributed by atoms with Crippen LogP contribution in [0.2, 0.25) is 0 Å². The van der Waals surface area contributed by atoms with Crippen molar-refractivity contribution in [1.29, 1.82) is 0 Å². The summed E-state index contributed by atoms with van der Waals surface area (Å²) in [6, 6.07) is 8.33. The van der Waals surface area contributed by atoms with Gasteiger partial charge in [0, 0.05) is 0 Å². The van der Waals surface area contributed by atoms with E-state index in [0.717, 1.165) is 18.4 Å². The largest absolute Gasteiger partial charge is 0.480 e. The van der Waals surface area contributed by atoms with Crippen LogP contribution >= 0.6 is 0 Å². The molecule has 0 bridgehead atoms. The van der Waals surface area contributed by atoms with E-state index in [2.05, 4.69) is 26.1 Å². The molecule has 0 fully saturated rings. The minimum Gasteiger partial charge on any atom is -0.480 e. The highest BCUT2D eigenvalue weighted by molar-refractivity contribution is 5.79. The molecule has 122 valence electrons. The van der Waals surface area contributed by atoms with Gasteiger partial charge in [-0.15, -0.1) is 0 Å². The zero-order valence-corrected chi connectivity index (χ0v) is 13.5. The molecule has 0 aliphatic rings. The maximum atomic E-state index is 11.7. The van der Waals surface area contributed by atoms with Gasteiger partial charge in [0.2, 0.25) is 0 Å². The molecule has 0 heterocycles. The van der Waals surface area contributed by atoms with Crippen LogP contribution in [0.5, 0.6) is 0 Å². The van der Waals surface area contributed by atoms with Crippen molar-refractivity contribution in [3.63, 3.8) is 0 Å². The Labute approximate surface area is 131 Å². The van der Waals surface area contributed by atoms with Crippen LogP contribution in [0.25, 0.3) is 0 Å². The second-order valence-electron chi connectivity index (χ2n) is 6.15. The fraction of sp³-hybridized carbons (Fsp3) is 0.529. The van der Waals surface area contributed by atoms with E-state index in [1.54, 1.807) is 0 Å². The quantitative estimate of drug-likeness (QED) is 0.769. The van der Waals surface area contributed by atoms with E-state index in [4.69, 9.17) is 4.74 Å². The highest BCUT2D eigenvalue weighted by atomic mass is 16.5. The first kappa shape index (κ1) is 18.0. The predicted molar refractivity (Wildman–Crippen MR) is 84.5 cm³/mol. The Morgan fingerprint density at radius 2 is 1.91 bits per heavy atom. The number of hydrogen-bond acceptors (Lipinski definition) is 3. The van der Waals surface area contributed by atoms with Gasteiger partial charge < -0.3 is 15.2 Å². The van der Waals surface area contributed by atoms with Gasteiger partial charge in [-0.1, -0.05) is 57.5 Å². The standard InChI is InChI=1S/C17H25NO4/c1-4-17(2,3)11-10-14(15(19)20)18-16(21)22-12-13-8-6-5-7-9-13/h5-9,14H,4,10-12H2,1-3H3,(H,18,21)(H,19,20). The average Bonchev–Trinajstić information content (AvgIpc) is 2.50. The van der Waals surface area contributed by atoms with Crippen LogP contribution < -0.4 is 5.32 Å². The van der Waals surface area contributed by atoms with Gasteiger partial charge >= 0.3 is 12.1 Å². The third kappa shape index (κ3) is 6.61. The molecule has 1 amide bonds. The molecule has 0 radical (unpaired) electrons. The van der Waals surface area contributed by atoms with E-state index in [-0.39, 0.29) is 12.0 Å². The number of amides is 1. The Kier molecular flexibility index (Phi) is 6.89. The summed E-state index contributed by atoms with van der Waals surface area (Å²) < 4.78 is 5.05. The molecule has 1 atom stereocenters. The minimum atomic E-state index is -1.04. The van der Waals surface area contributed by atoms with Crippen molar-refractivity contribution in [3.05, 3.63) is 35.9 Å². The maximum Gasteiger partial charge on any atom is 0.408 e. The Balaban J connectivity index is 2.45. The lowest BCUT2D eigenvalue weighted by Crippen LogP contribution is -2.41. The summed E-state index contributed by atoms with van der Waals surface area (Å²) in [6.07, 6.45) is 1.36. The summed E-state index contributed by atoms with van der Waals surface area (Å²) in [5, 5.41) is 11.6. The van der Waals surface area contributed by atoms with Crippen molar-refractivity contribution >= 4 is 12.1 Å². The molecule has 0 spiro atoms. The van der Waals surface area contributed by atoms with Crippen molar-refractivity contribution in [3.8, 4) is 0 Å². The smallest absolute Gasteiger partial charge is 0.408 e. The van der Waals surface area contributed by atoms with Gasteiger partial charge in [-0.05, 0) is 23.8 Å². The monoisotopic (exact) mass is 307 g/mol. The highest BCUT2D eigenvalue weighted by Gasteiger charge is 2.24. The van der Waals surface area contributed by atoms with Crippen molar-refractivity contribution in [2.45, 2.75) is 52.7 Å². The zero-order chi connectivity index (χ0) is 16.6. The zero-order valence-electron chi connectivity index (χ0n) is 13.5. The van der Waals surface area contributed by atoms with Gasteiger partial charge in [0.25, 0.3) is 0 Å². The first-order valence-electron chi connectivity index (χ1n) is 7.54. The maximum absolute atomic E-state index is 11.7. The van der Waals surface area contributed by atoms with Crippen LogP contribution in [0.4, 0.5) is 4.79 Å². The van der Waals surface area contributed by atoms with Crippen LogP contribution in [0.15, 0.2) is 30.3 Å². The number of ether oxygens (including phenoxy) is 1. The van der Waals surface area contributed by atoms with Gasteiger partial charge in [0.05, 0.1) is 0 Å². The lowest BCUT2D eigenvalue weighted by Gasteiger charge is -2.24. The van der Waals surface area contributed by atoms with Gasteiger partial charge in [-0.25, -0.2) is 9.59 Å². The second kappa shape index (κ2) is 8.41. The van der Waals surface area contributed by atoms with Crippen molar-refractivity contribution < 1.29 is 19.4 Å². The number of hydrogen-bond donors (Lipinski definition) is 2. The summed E-state index contributed by atoms with van der Waals surface area (Å²) in [6.45, 7) is 6.36. The van der Waals surface area contributed by atoms with Crippen LogP contribution in [0, 0.1) is 5.41 Å². The molecular weight excluding hydrogens is 282 g/mol. The molecular formula is C17H25NO4. The van der Waals surface area contributed by atoms with Gasteiger partial charge in [0.1, 0.15) is 12.6 Å². The molecule has 0 aliphatic heterocycles. The van der Waals surface area contributed by atoms with E-state index in [0.29, 0.717) is 6.42 Å². The van der Waals surface area contributed by atoms with Gasteiger partial charge in [0.15, 0.2) is 0 Å². The third-order valence-corrected chi connectivity index (χ3v) is 3.87.